The number of aryl methyl sites for hydroxylation is 1. The molecule has 3 aromatic rings. The summed E-state index contributed by atoms with van der Waals surface area (Å²) in [6.45, 7) is 2.04. The molecule has 0 radical (unpaired) electrons. The van der Waals surface area contributed by atoms with Crippen LogP contribution in [0.2, 0.25) is 0 Å². The minimum absolute atomic E-state index is 0.819. The molecule has 0 N–H and O–H groups in total. The van der Waals surface area contributed by atoms with E-state index in [1.165, 1.54) is 9.75 Å². The fraction of sp³-hybridized carbons (Fsp3) is 0.0833. The van der Waals surface area contributed by atoms with Gasteiger partial charge in [0.15, 0.2) is 0 Å². The van der Waals surface area contributed by atoms with Gasteiger partial charge in [0.25, 0.3) is 0 Å². The molecule has 0 unspecified atom stereocenters. The van der Waals surface area contributed by atoms with E-state index < -0.39 is 0 Å². The van der Waals surface area contributed by atoms with Gasteiger partial charge >= 0.3 is 0 Å². The minimum atomic E-state index is 0.819. The minimum Gasteiger partial charge on any atom is -0.264 e. The van der Waals surface area contributed by atoms with Gasteiger partial charge in [-0.1, -0.05) is 26.7 Å². The molecule has 0 saturated heterocycles. The van der Waals surface area contributed by atoms with Crippen molar-refractivity contribution in [2.45, 2.75) is 6.92 Å². The molecule has 0 fully saturated rings. The van der Waals surface area contributed by atoms with Crippen LogP contribution in [0.4, 0.5) is 5.13 Å². The van der Waals surface area contributed by atoms with Gasteiger partial charge in [-0.2, -0.15) is 0 Å². The molecule has 3 heterocycles. The van der Waals surface area contributed by atoms with E-state index in [2.05, 4.69) is 27.1 Å². The van der Waals surface area contributed by atoms with Crippen LogP contribution in [0.25, 0.3) is 10.4 Å². The molecule has 0 bridgehead atoms. The summed E-state index contributed by atoms with van der Waals surface area (Å²) < 4.78 is 0.994. The fourth-order valence-electron chi connectivity index (χ4n) is 1.43. The molecule has 0 saturated carbocycles. The third-order valence-electron chi connectivity index (χ3n) is 2.23. The largest absolute Gasteiger partial charge is 0.264 e. The third-order valence-corrected chi connectivity index (χ3v) is 5.34. The van der Waals surface area contributed by atoms with E-state index in [0.717, 1.165) is 15.4 Å². The van der Waals surface area contributed by atoms with Crippen molar-refractivity contribution in [3.63, 3.8) is 0 Å². The van der Waals surface area contributed by atoms with Crippen molar-refractivity contribution >= 4 is 37.1 Å². The zero-order chi connectivity index (χ0) is 12.4. The van der Waals surface area contributed by atoms with Crippen molar-refractivity contribution in [2.24, 2.45) is 4.99 Å². The molecule has 0 amide bonds. The summed E-state index contributed by atoms with van der Waals surface area (Å²) in [5.74, 6) is 0. The van der Waals surface area contributed by atoms with Crippen LogP contribution in [0.5, 0.6) is 0 Å². The standard InChI is InChI=1S/C12H9N3S3/c1-8-6-14-12(16-8)15-11-5-10(17-18-11)9-3-2-4-13-7-9/h2-7H,1H3. The van der Waals surface area contributed by atoms with Crippen LogP contribution >= 0.6 is 32.0 Å². The highest BCUT2D eigenvalue weighted by Crippen LogP contribution is 2.25. The summed E-state index contributed by atoms with van der Waals surface area (Å²) in [5, 5.41) is 0.819. The average Bonchev–Trinajstić information content (AvgIpc) is 3.01. The van der Waals surface area contributed by atoms with E-state index >= 15 is 0 Å². The van der Waals surface area contributed by atoms with Gasteiger partial charge in [-0.05, 0) is 19.1 Å². The maximum Gasteiger partial charge on any atom is 0.210 e. The summed E-state index contributed by atoms with van der Waals surface area (Å²) in [6.07, 6.45) is 5.50. The van der Waals surface area contributed by atoms with Gasteiger partial charge in [0.05, 0.1) is 0 Å². The lowest BCUT2D eigenvalue weighted by atomic mass is 10.2. The van der Waals surface area contributed by atoms with Crippen molar-refractivity contribution in [2.75, 3.05) is 0 Å². The first-order chi connectivity index (χ1) is 8.81. The van der Waals surface area contributed by atoms with E-state index in [-0.39, 0.29) is 0 Å². The number of nitrogens with zero attached hydrogens (tertiary/aromatic N) is 3. The molecule has 3 rings (SSSR count). The summed E-state index contributed by atoms with van der Waals surface area (Å²) in [4.78, 5) is 15.3. The van der Waals surface area contributed by atoms with Crippen molar-refractivity contribution in [1.29, 1.82) is 0 Å². The van der Waals surface area contributed by atoms with E-state index in [1.807, 2.05) is 25.4 Å². The first-order valence-electron chi connectivity index (χ1n) is 5.29. The van der Waals surface area contributed by atoms with Crippen LogP contribution in [0.3, 0.4) is 0 Å². The number of hydrogen-bond acceptors (Lipinski definition) is 6. The van der Waals surface area contributed by atoms with Crippen molar-refractivity contribution < 1.29 is 0 Å². The fourth-order valence-corrected chi connectivity index (χ4v) is 4.26. The van der Waals surface area contributed by atoms with E-state index in [9.17, 15) is 0 Å². The van der Waals surface area contributed by atoms with E-state index in [4.69, 9.17) is 0 Å². The van der Waals surface area contributed by atoms with Gasteiger partial charge in [0.1, 0.15) is 4.67 Å². The Balaban J connectivity index is 1.97. The topological polar surface area (TPSA) is 38.1 Å². The van der Waals surface area contributed by atoms with E-state index in [1.54, 1.807) is 38.2 Å². The van der Waals surface area contributed by atoms with Crippen LogP contribution in [0, 0.1) is 6.92 Å². The maximum atomic E-state index is 4.52. The van der Waals surface area contributed by atoms with Gasteiger partial charge in [-0.15, -0.1) is 11.3 Å². The second-order valence-electron chi connectivity index (χ2n) is 3.62. The van der Waals surface area contributed by atoms with Gasteiger partial charge in [-0.25, -0.2) is 9.98 Å². The highest BCUT2D eigenvalue weighted by atomic mass is 32.9. The van der Waals surface area contributed by atoms with Crippen LogP contribution in [-0.2, 0) is 0 Å². The summed E-state index contributed by atoms with van der Waals surface area (Å²) in [7, 11) is 3.38. The Morgan fingerprint density at radius 3 is 2.89 bits per heavy atom. The van der Waals surface area contributed by atoms with E-state index in [0.29, 0.717) is 0 Å². The molecule has 0 aromatic carbocycles. The number of rotatable bonds is 2. The van der Waals surface area contributed by atoms with Crippen molar-refractivity contribution in [3.8, 4) is 10.4 Å². The molecule has 0 aliphatic heterocycles. The molecule has 0 spiro atoms. The quantitative estimate of drug-likeness (QED) is 0.672. The van der Waals surface area contributed by atoms with Crippen LogP contribution in [0.1, 0.15) is 4.88 Å². The predicted octanol–water partition coefficient (Wildman–Crippen LogP) is 3.87. The summed E-state index contributed by atoms with van der Waals surface area (Å²) in [5.41, 5.74) is 1.13. The van der Waals surface area contributed by atoms with Crippen molar-refractivity contribution in [3.05, 3.63) is 46.3 Å². The Hall–Kier alpha value is -1.37. The average molecular weight is 291 g/mol. The molecule has 90 valence electrons. The van der Waals surface area contributed by atoms with Crippen LogP contribution in [0.15, 0.2) is 41.8 Å². The number of pyridine rings is 1. The molecular formula is C12H9N3S3. The van der Waals surface area contributed by atoms with Crippen molar-refractivity contribution in [1.82, 2.24) is 9.97 Å². The SMILES string of the molecule is Cc1cnc(N=c2cc(-c3cccnc3)ss2)s1. The monoisotopic (exact) mass is 291 g/mol. The lowest BCUT2D eigenvalue weighted by Crippen LogP contribution is -1.88. The zero-order valence-corrected chi connectivity index (χ0v) is 12.0. The first-order valence-corrected chi connectivity index (χ1v) is 8.25. The highest BCUT2D eigenvalue weighted by molar-refractivity contribution is 7.69. The summed E-state index contributed by atoms with van der Waals surface area (Å²) in [6, 6.07) is 6.09. The Bertz CT molecular complexity index is 709. The number of hydrogen-bond donors (Lipinski definition) is 0. The van der Waals surface area contributed by atoms with Crippen LogP contribution < -0.4 is 4.67 Å². The highest BCUT2D eigenvalue weighted by Gasteiger charge is 2.01. The van der Waals surface area contributed by atoms with Crippen LogP contribution in [-0.4, -0.2) is 9.97 Å². The molecule has 0 aliphatic carbocycles. The molecule has 18 heavy (non-hydrogen) atoms. The molecule has 0 aliphatic rings. The lowest BCUT2D eigenvalue weighted by Gasteiger charge is -1.91. The first kappa shape index (κ1) is 11.7. The molecule has 3 nitrogen and oxygen atoms in total. The summed E-state index contributed by atoms with van der Waals surface area (Å²) >= 11 is 1.61. The number of thiazole rings is 1. The third kappa shape index (κ3) is 2.55. The molecule has 6 heteroatoms. The van der Waals surface area contributed by atoms with Gasteiger partial charge in [0.2, 0.25) is 5.13 Å². The Labute approximate surface area is 116 Å². The number of aromatic nitrogens is 2. The smallest absolute Gasteiger partial charge is 0.210 e. The Morgan fingerprint density at radius 1 is 1.22 bits per heavy atom. The molecular weight excluding hydrogens is 282 g/mol. The lowest BCUT2D eigenvalue weighted by molar-refractivity contribution is 1.30. The normalized spacial score (nSPS) is 11.9. The predicted molar refractivity (Wildman–Crippen MR) is 77.5 cm³/mol. The Morgan fingerprint density at radius 2 is 2.17 bits per heavy atom. The molecule has 0 atom stereocenters. The maximum absolute atomic E-state index is 4.52. The second kappa shape index (κ2) is 5.09. The van der Waals surface area contributed by atoms with Gasteiger partial charge < -0.3 is 0 Å². The zero-order valence-electron chi connectivity index (χ0n) is 9.53. The van der Waals surface area contributed by atoms with Gasteiger partial charge in [0, 0.05) is 33.9 Å². The molecule has 3 aromatic heterocycles. The second-order valence-corrected chi connectivity index (χ2v) is 7.03. The Kier molecular flexibility index (Phi) is 3.31. The van der Waals surface area contributed by atoms with Gasteiger partial charge in [-0.3, -0.25) is 4.98 Å².